The van der Waals surface area contributed by atoms with E-state index in [2.05, 4.69) is 5.32 Å². The maximum atomic E-state index is 11.7. The van der Waals surface area contributed by atoms with Crippen molar-refractivity contribution in [3.05, 3.63) is 53.8 Å². The van der Waals surface area contributed by atoms with E-state index in [1.54, 1.807) is 24.3 Å². The van der Waals surface area contributed by atoms with Crippen molar-refractivity contribution in [1.29, 1.82) is 0 Å². The van der Waals surface area contributed by atoms with E-state index in [-0.39, 0.29) is 5.91 Å². The van der Waals surface area contributed by atoms with Crippen molar-refractivity contribution >= 4 is 11.8 Å². The van der Waals surface area contributed by atoms with Gasteiger partial charge in [-0.25, -0.2) is 0 Å². The van der Waals surface area contributed by atoms with Crippen LogP contribution in [0, 0.1) is 6.92 Å². The van der Waals surface area contributed by atoms with Crippen molar-refractivity contribution in [1.82, 2.24) is 0 Å². The number of furan rings is 1. The van der Waals surface area contributed by atoms with Gasteiger partial charge in [-0.1, -0.05) is 18.2 Å². The standard InChI is InChI=1S/C12H11NO2/c1-9-7-8-11(15-9)13-12(14)10-5-3-2-4-6-10/h2-8H,1H3,(H,13,14). The summed E-state index contributed by atoms with van der Waals surface area (Å²) in [5.74, 6) is 1.09. The molecule has 3 heteroatoms. The highest BCUT2D eigenvalue weighted by atomic mass is 16.4. The zero-order valence-electron chi connectivity index (χ0n) is 8.36. The summed E-state index contributed by atoms with van der Waals surface area (Å²) in [4.78, 5) is 11.7. The van der Waals surface area contributed by atoms with Gasteiger partial charge in [0.05, 0.1) is 0 Å². The molecule has 2 aromatic rings. The number of nitrogens with one attached hydrogen (secondary N) is 1. The Balaban J connectivity index is 2.11. The first kappa shape index (κ1) is 9.52. The SMILES string of the molecule is Cc1ccc(NC(=O)c2ccccc2)o1. The number of hydrogen-bond donors (Lipinski definition) is 1. The molecule has 1 amide bonds. The largest absolute Gasteiger partial charge is 0.446 e. The number of carbonyl (C=O) groups excluding carboxylic acids is 1. The molecule has 0 saturated heterocycles. The monoisotopic (exact) mass is 201 g/mol. The Hall–Kier alpha value is -2.03. The van der Waals surface area contributed by atoms with Gasteiger partial charge in [0.1, 0.15) is 5.76 Å². The lowest BCUT2D eigenvalue weighted by atomic mass is 10.2. The molecule has 0 saturated carbocycles. The quantitative estimate of drug-likeness (QED) is 0.811. The molecule has 1 aromatic carbocycles. The third kappa shape index (κ3) is 2.26. The summed E-state index contributed by atoms with van der Waals surface area (Å²) in [6, 6.07) is 12.6. The minimum absolute atomic E-state index is 0.162. The first-order valence-corrected chi connectivity index (χ1v) is 4.68. The van der Waals surface area contributed by atoms with Crippen LogP contribution in [0.4, 0.5) is 5.88 Å². The van der Waals surface area contributed by atoms with Crippen LogP contribution in [0.2, 0.25) is 0 Å². The molecule has 1 N–H and O–H groups in total. The number of aryl methyl sites for hydroxylation is 1. The third-order valence-electron chi connectivity index (χ3n) is 2.01. The predicted octanol–water partition coefficient (Wildman–Crippen LogP) is 2.84. The van der Waals surface area contributed by atoms with Gasteiger partial charge in [-0.05, 0) is 25.1 Å². The van der Waals surface area contributed by atoms with Crippen LogP contribution < -0.4 is 5.32 Å². The van der Waals surface area contributed by atoms with Gasteiger partial charge in [-0.2, -0.15) is 0 Å². The fourth-order valence-corrected chi connectivity index (χ4v) is 1.28. The van der Waals surface area contributed by atoms with Crippen LogP contribution in [-0.4, -0.2) is 5.91 Å². The summed E-state index contributed by atoms with van der Waals surface area (Å²) in [5, 5.41) is 2.67. The predicted molar refractivity (Wildman–Crippen MR) is 57.8 cm³/mol. The normalized spacial score (nSPS) is 9.93. The van der Waals surface area contributed by atoms with Crippen LogP contribution in [0.3, 0.4) is 0 Å². The van der Waals surface area contributed by atoms with Gasteiger partial charge in [-0.15, -0.1) is 0 Å². The Labute approximate surface area is 87.7 Å². The van der Waals surface area contributed by atoms with Crippen molar-refractivity contribution in [3.63, 3.8) is 0 Å². The lowest BCUT2D eigenvalue weighted by Gasteiger charge is -2.00. The van der Waals surface area contributed by atoms with E-state index in [0.717, 1.165) is 5.76 Å². The molecule has 2 rings (SSSR count). The van der Waals surface area contributed by atoms with Gasteiger partial charge in [0.2, 0.25) is 0 Å². The molecule has 0 atom stereocenters. The van der Waals surface area contributed by atoms with Crippen molar-refractivity contribution in [2.75, 3.05) is 5.32 Å². The second kappa shape index (κ2) is 4.00. The van der Waals surface area contributed by atoms with Gasteiger partial charge in [0.25, 0.3) is 5.91 Å². The Morgan fingerprint density at radius 2 is 1.87 bits per heavy atom. The van der Waals surface area contributed by atoms with E-state index in [4.69, 9.17) is 4.42 Å². The smallest absolute Gasteiger partial charge is 0.257 e. The average molecular weight is 201 g/mol. The molecular formula is C12H11NO2. The van der Waals surface area contributed by atoms with E-state index >= 15 is 0 Å². The fourth-order valence-electron chi connectivity index (χ4n) is 1.28. The van der Waals surface area contributed by atoms with E-state index in [0.29, 0.717) is 11.4 Å². The van der Waals surface area contributed by atoms with Gasteiger partial charge >= 0.3 is 0 Å². The van der Waals surface area contributed by atoms with Crippen LogP contribution in [0.25, 0.3) is 0 Å². The van der Waals surface area contributed by atoms with Crippen LogP contribution >= 0.6 is 0 Å². The van der Waals surface area contributed by atoms with E-state index in [9.17, 15) is 4.79 Å². The molecule has 0 unspecified atom stereocenters. The van der Waals surface area contributed by atoms with Gasteiger partial charge in [0, 0.05) is 11.6 Å². The summed E-state index contributed by atoms with van der Waals surface area (Å²) in [7, 11) is 0. The van der Waals surface area contributed by atoms with E-state index in [1.807, 2.05) is 25.1 Å². The number of anilines is 1. The molecule has 15 heavy (non-hydrogen) atoms. The molecule has 76 valence electrons. The number of hydrogen-bond acceptors (Lipinski definition) is 2. The van der Waals surface area contributed by atoms with E-state index < -0.39 is 0 Å². The second-order valence-corrected chi connectivity index (χ2v) is 3.23. The van der Waals surface area contributed by atoms with Crippen molar-refractivity contribution in [2.45, 2.75) is 6.92 Å². The number of rotatable bonds is 2. The molecule has 0 fully saturated rings. The highest BCUT2D eigenvalue weighted by Gasteiger charge is 2.06. The summed E-state index contributed by atoms with van der Waals surface area (Å²) in [6.07, 6.45) is 0. The molecule has 1 heterocycles. The molecule has 0 aliphatic rings. The highest BCUT2D eigenvalue weighted by Crippen LogP contribution is 2.13. The topological polar surface area (TPSA) is 42.2 Å². The van der Waals surface area contributed by atoms with Crippen molar-refractivity contribution in [2.24, 2.45) is 0 Å². The van der Waals surface area contributed by atoms with Crippen LogP contribution in [0.1, 0.15) is 16.1 Å². The lowest BCUT2D eigenvalue weighted by molar-refractivity contribution is 0.102. The molecule has 1 aromatic heterocycles. The van der Waals surface area contributed by atoms with Crippen LogP contribution in [0.15, 0.2) is 46.9 Å². The molecule has 0 aliphatic heterocycles. The van der Waals surface area contributed by atoms with Crippen molar-refractivity contribution in [3.8, 4) is 0 Å². The van der Waals surface area contributed by atoms with Crippen LogP contribution in [-0.2, 0) is 0 Å². The Kier molecular flexibility index (Phi) is 2.54. The van der Waals surface area contributed by atoms with Crippen molar-refractivity contribution < 1.29 is 9.21 Å². The molecule has 0 bridgehead atoms. The first-order valence-electron chi connectivity index (χ1n) is 4.68. The van der Waals surface area contributed by atoms with E-state index in [1.165, 1.54) is 0 Å². The summed E-state index contributed by atoms with van der Waals surface area (Å²) < 4.78 is 5.24. The number of carbonyl (C=O) groups is 1. The van der Waals surface area contributed by atoms with Gasteiger partial charge < -0.3 is 4.42 Å². The summed E-state index contributed by atoms with van der Waals surface area (Å²) in [5.41, 5.74) is 0.617. The Bertz CT molecular complexity index is 459. The maximum absolute atomic E-state index is 11.7. The molecular weight excluding hydrogens is 190 g/mol. The summed E-state index contributed by atoms with van der Waals surface area (Å²) >= 11 is 0. The minimum atomic E-state index is -0.162. The molecule has 0 radical (unpaired) electrons. The Morgan fingerprint density at radius 3 is 2.47 bits per heavy atom. The minimum Gasteiger partial charge on any atom is -0.446 e. The summed E-state index contributed by atoms with van der Waals surface area (Å²) in [6.45, 7) is 1.83. The second-order valence-electron chi connectivity index (χ2n) is 3.23. The average Bonchev–Trinajstić information content (AvgIpc) is 2.65. The zero-order chi connectivity index (χ0) is 10.7. The first-order chi connectivity index (χ1) is 7.25. The highest BCUT2D eigenvalue weighted by molar-refractivity contribution is 6.03. The molecule has 0 spiro atoms. The molecule has 0 aliphatic carbocycles. The van der Waals surface area contributed by atoms with Gasteiger partial charge in [-0.3, -0.25) is 10.1 Å². The fraction of sp³-hybridized carbons (Fsp3) is 0.0833. The number of benzene rings is 1. The number of amides is 1. The zero-order valence-corrected chi connectivity index (χ0v) is 8.36. The van der Waals surface area contributed by atoms with Gasteiger partial charge in [0.15, 0.2) is 5.88 Å². The lowest BCUT2D eigenvalue weighted by Crippen LogP contribution is -2.10. The molecule has 3 nitrogen and oxygen atoms in total. The third-order valence-corrected chi connectivity index (χ3v) is 2.01. The maximum Gasteiger partial charge on any atom is 0.257 e. The Morgan fingerprint density at radius 1 is 1.13 bits per heavy atom. The van der Waals surface area contributed by atoms with Crippen LogP contribution in [0.5, 0.6) is 0 Å².